The first-order valence-electron chi connectivity index (χ1n) is 12.7. The smallest absolute Gasteiger partial charge is 0.422 e. The summed E-state index contributed by atoms with van der Waals surface area (Å²) < 4.78 is 60.5. The van der Waals surface area contributed by atoms with Crippen LogP contribution in [0, 0.1) is 0 Å². The van der Waals surface area contributed by atoms with E-state index in [9.17, 15) is 27.6 Å². The molecule has 0 spiro atoms. The van der Waals surface area contributed by atoms with E-state index in [1.165, 1.54) is 62.9 Å². The summed E-state index contributed by atoms with van der Waals surface area (Å²) in [6, 6.07) is 10.0. The summed E-state index contributed by atoms with van der Waals surface area (Å²) in [7, 11) is 2.57. The quantitative estimate of drug-likeness (QED) is 0.255. The van der Waals surface area contributed by atoms with E-state index < -0.39 is 36.3 Å². The number of benzene rings is 2. The fourth-order valence-electron chi connectivity index (χ4n) is 3.99. The normalized spacial score (nSPS) is 12.1. The molecule has 0 bridgehead atoms. The minimum atomic E-state index is -4.59. The van der Waals surface area contributed by atoms with E-state index in [1.54, 1.807) is 0 Å². The van der Waals surface area contributed by atoms with Gasteiger partial charge in [-0.25, -0.2) is 4.79 Å². The molecular weight excluding hydrogens is 581 g/mol. The van der Waals surface area contributed by atoms with Crippen molar-refractivity contribution in [3.8, 4) is 22.6 Å². The predicted octanol–water partition coefficient (Wildman–Crippen LogP) is 5.90. The van der Waals surface area contributed by atoms with Gasteiger partial charge < -0.3 is 24.3 Å². The van der Waals surface area contributed by atoms with Gasteiger partial charge in [0.2, 0.25) is 5.91 Å². The molecule has 0 aliphatic rings. The molecule has 0 aliphatic heterocycles. The van der Waals surface area contributed by atoms with Crippen molar-refractivity contribution in [2.75, 3.05) is 32.8 Å². The minimum absolute atomic E-state index is 0.0822. The second kappa shape index (κ2) is 14.2. The topological polar surface area (TPSA) is 105 Å². The van der Waals surface area contributed by atoms with Crippen LogP contribution in [-0.2, 0) is 14.3 Å². The van der Waals surface area contributed by atoms with Gasteiger partial charge in [-0.05, 0) is 56.3 Å². The molecule has 42 heavy (non-hydrogen) atoms. The van der Waals surface area contributed by atoms with E-state index >= 15 is 0 Å². The average molecular weight is 611 g/mol. The monoisotopic (exact) mass is 610 g/mol. The molecule has 0 radical (unpaired) electrons. The van der Waals surface area contributed by atoms with E-state index in [-0.39, 0.29) is 52.3 Å². The van der Waals surface area contributed by atoms with Crippen molar-refractivity contribution in [1.82, 2.24) is 4.57 Å². The summed E-state index contributed by atoms with van der Waals surface area (Å²) in [5.74, 6) is -1.18. The standard InChI is InChI=1S/C29H30ClF3N2O7/c1-17(2)41-12-11-23(27(37)34-20-8-5-18(6-9-20)28(38)40-4)35-15-25(39-3)22(14-26(35)36)21-13-19(30)7-10-24(21)42-16-29(31,32)33/h5-10,13-15,17,23H,11-12,16H2,1-4H3,(H,34,37). The van der Waals surface area contributed by atoms with Gasteiger partial charge in [0.15, 0.2) is 6.61 Å². The third kappa shape index (κ3) is 8.73. The Bertz CT molecular complexity index is 1460. The van der Waals surface area contributed by atoms with Gasteiger partial charge in [0.05, 0.1) is 32.1 Å². The molecule has 1 unspecified atom stereocenters. The number of ether oxygens (including phenoxy) is 4. The zero-order chi connectivity index (χ0) is 31.0. The van der Waals surface area contributed by atoms with E-state index in [2.05, 4.69) is 10.1 Å². The number of methoxy groups -OCH3 is 2. The maximum atomic E-state index is 13.4. The Morgan fingerprint density at radius 3 is 2.26 bits per heavy atom. The van der Waals surface area contributed by atoms with Crippen LogP contribution in [0.5, 0.6) is 11.5 Å². The highest BCUT2D eigenvalue weighted by Crippen LogP contribution is 2.38. The molecule has 1 aromatic heterocycles. The highest BCUT2D eigenvalue weighted by atomic mass is 35.5. The molecule has 0 aliphatic carbocycles. The number of hydrogen-bond donors (Lipinski definition) is 1. The van der Waals surface area contributed by atoms with E-state index in [1.807, 2.05) is 13.8 Å². The van der Waals surface area contributed by atoms with Crippen LogP contribution in [0.2, 0.25) is 5.02 Å². The number of nitrogens with one attached hydrogen (secondary N) is 1. The van der Waals surface area contributed by atoms with Crippen molar-refractivity contribution >= 4 is 29.2 Å². The number of nitrogens with zero attached hydrogens (tertiary/aromatic N) is 1. The second-order valence-electron chi connectivity index (χ2n) is 9.33. The highest BCUT2D eigenvalue weighted by molar-refractivity contribution is 6.31. The first-order chi connectivity index (χ1) is 19.8. The van der Waals surface area contributed by atoms with Gasteiger partial charge in [-0.2, -0.15) is 13.2 Å². The number of alkyl halides is 3. The van der Waals surface area contributed by atoms with Crippen molar-refractivity contribution < 1.29 is 41.7 Å². The number of anilines is 1. The van der Waals surface area contributed by atoms with Gasteiger partial charge in [0.1, 0.15) is 17.5 Å². The molecule has 0 fully saturated rings. The third-order valence-electron chi connectivity index (χ3n) is 5.94. The Labute approximate surface area is 245 Å². The van der Waals surface area contributed by atoms with Crippen molar-refractivity contribution in [2.45, 2.75) is 38.6 Å². The van der Waals surface area contributed by atoms with Gasteiger partial charge in [0, 0.05) is 40.9 Å². The summed E-state index contributed by atoms with van der Waals surface area (Å²) in [5, 5.41) is 2.92. The lowest BCUT2D eigenvalue weighted by atomic mass is 10.0. The van der Waals surface area contributed by atoms with E-state index in [0.29, 0.717) is 5.69 Å². The van der Waals surface area contributed by atoms with Crippen LogP contribution in [-0.4, -0.2) is 56.2 Å². The fraction of sp³-hybridized carbons (Fsp3) is 0.345. The number of carbonyl (C=O) groups excluding carboxylic acids is 2. The molecule has 3 aromatic rings. The van der Waals surface area contributed by atoms with Gasteiger partial charge in [-0.1, -0.05) is 11.6 Å². The molecule has 13 heteroatoms. The Kier molecular flexibility index (Phi) is 11.0. The van der Waals surface area contributed by atoms with Gasteiger partial charge in [-0.15, -0.1) is 0 Å². The minimum Gasteiger partial charge on any atom is -0.495 e. The lowest BCUT2D eigenvalue weighted by Gasteiger charge is -2.22. The zero-order valence-corrected chi connectivity index (χ0v) is 24.0. The molecule has 0 saturated carbocycles. The lowest BCUT2D eigenvalue weighted by Crippen LogP contribution is -2.34. The van der Waals surface area contributed by atoms with Crippen LogP contribution in [0.25, 0.3) is 11.1 Å². The van der Waals surface area contributed by atoms with E-state index in [0.717, 1.165) is 10.6 Å². The van der Waals surface area contributed by atoms with Crippen LogP contribution in [0.4, 0.5) is 18.9 Å². The molecule has 1 atom stereocenters. The number of aromatic nitrogens is 1. The first-order valence-corrected chi connectivity index (χ1v) is 13.1. The zero-order valence-electron chi connectivity index (χ0n) is 23.3. The SMILES string of the molecule is COC(=O)c1ccc(NC(=O)C(CCOC(C)C)n2cc(OC)c(-c3cc(Cl)ccc3OCC(F)(F)F)cc2=O)cc1. The lowest BCUT2D eigenvalue weighted by molar-refractivity contribution is -0.153. The Balaban J connectivity index is 2.01. The molecule has 1 amide bonds. The van der Waals surface area contributed by atoms with E-state index in [4.69, 9.17) is 25.8 Å². The summed E-state index contributed by atoms with van der Waals surface area (Å²) in [6.45, 7) is 2.23. The van der Waals surface area contributed by atoms with Crippen LogP contribution < -0.4 is 20.3 Å². The maximum absolute atomic E-state index is 13.4. The highest BCUT2D eigenvalue weighted by Gasteiger charge is 2.30. The Hall–Kier alpha value is -4.03. The molecule has 1 heterocycles. The van der Waals surface area contributed by atoms with Crippen molar-refractivity contribution in [3.05, 3.63) is 75.7 Å². The predicted molar refractivity (Wildman–Crippen MR) is 150 cm³/mol. The van der Waals surface area contributed by atoms with Crippen molar-refractivity contribution in [2.24, 2.45) is 0 Å². The molecule has 3 rings (SSSR count). The summed E-state index contributed by atoms with van der Waals surface area (Å²) in [5.41, 5.74) is 0.230. The Morgan fingerprint density at radius 2 is 1.67 bits per heavy atom. The van der Waals surface area contributed by atoms with Crippen molar-refractivity contribution in [3.63, 3.8) is 0 Å². The van der Waals surface area contributed by atoms with Crippen LogP contribution in [0.1, 0.15) is 36.7 Å². The fourth-order valence-corrected chi connectivity index (χ4v) is 4.16. The summed E-state index contributed by atoms with van der Waals surface area (Å²) in [4.78, 5) is 38.6. The molecule has 9 nitrogen and oxygen atoms in total. The second-order valence-corrected chi connectivity index (χ2v) is 9.76. The van der Waals surface area contributed by atoms with Gasteiger partial charge in [-0.3, -0.25) is 14.2 Å². The Morgan fingerprint density at radius 1 is 1.00 bits per heavy atom. The number of pyridine rings is 1. The number of carbonyl (C=O) groups is 2. The largest absolute Gasteiger partial charge is 0.495 e. The number of esters is 1. The maximum Gasteiger partial charge on any atom is 0.422 e. The van der Waals surface area contributed by atoms with Gasteiger partial charge in [0.25, 0.3) is 5.56 Å². The van der Waals surface area contributed by atoms with Crippen LogP contribution >= 0.6 is 11.6 Å². The average Bonchev–Trinajstić information content (AvgIpc) is 2.94. The summed E-state index contributed by atoms with van der Waals surface area (Å²) >= 11 is 6.12. The van der Waals surface area contributed by atoms with Crippen LogP contribution in [0.15, 0.2) is 59.5 Å². The molecule has 1 N–H and O–H groups in total. The van der Waals surface area contributed by atoms with Gasteiger partial charge >= 0.3 is 12.1 Å². The molecule has 226 valence electrons. The van der Waals surface area contributed by atoms with Crippen molar-refractivity contribution in [1.29, 1.82) is 0 Å². The number of rotatable bonds is 12. The number of halogens is 4. The first kappa shape index (κ1) is 32.5. The number of amides is 1. The third-order valence-corrected chi connectivity index (χ3v) is 6.18. The molecule has 2 aromatic carbocycles. The summed E-state index contributed by atoms with van der Waals surface area (Å²) in [6.07, 6.45) is -3.33. The number of hydrogen-bond acceptors (Lipinski definition) is 7. The van der Waals surface area contributed by atoms with Crippen LogP contribution in [0.3, 0.4) is 0 Å². The molecular formula is C29H30ClF3N2O7. The molecule has 0 saturated heterocycles.